The van der Waals surface area contributed by atoms with Gasteiger partial charge in [-0.2, -0.15) is 13.2 Å². The molecule has 0 radical (unpaired) electrons. The van der Waals surface area contributed by atoms with Gasteiger partial charge in [-0.05, 0) is 36.5 Å². The van der Waals surface area contributed by atoms with E-state index in [9.17, 15) is 13.2 Å². The van der Waals surface area contributed by atoms with E-state index in [1.54, 1.807) is 7.05 Å². The molecule has 1 aliphatic rings. The summed E-state index contributed by atoms with van der Waals surface area (Å²) in [4.78, 5) is 6.12. The highest BCUT2D eigenvalue weighted by atomic mass is 127. The Balaban J connectivity index is 0.00000312. The molecule has 1 aromatic rings. The molecule has 25 heavy (non-hydrogen) atoms. The van der Waals surface area contributed by atoms with Crippen LogP contribution in [0.4, 0.5) is 13.2 Å². The third-order valence-corrected chi connectivity index (χ3v) is 3.93. The maximum absolute atomic E-state index is 12.5. The highest BCUT2D eigenvalue weighted by Gasteiger charge is 2.29. The van der Waals surface area contributed by atoms with Crippen molar-refractivity contribution >= 4 is 29.9 Å². The number of nitrogens with zero attached hydrogens (tertiary/aromatic N) is 2. The van der Waals surface area contributed by atoms with Gasteiger partial charge in [-0.1, -0.05) is 12.1 Å². The van der Waals surface area contributed by atoms with E-state index in [4.69, 9.17) is 4.74 Å². The summed E-state index contributed by atoms with van der Waals surface area (Å²) in [6, 6.07) is 5.13. The van der Waals surface area contributed by atoms with Crippen LogP contribution < -0.4 is 5.32 Å². The van der Waals surface area contributed by atoms with Gasteiger partial charge >= 0.3 is 6.18 Å². The molecule has 1 fully saturated rings. The summed E-state index contributed by atoms with van der Waals surface area (Å²) in [7, 11) is 3.58. The second kappa shape index (κ2) is 10.2. The summed E-state index contributed by atoms with van der Waals surface area (Å²) in [6.07, 6.45) is -1.76. The molecule has 0 bridgehead atoms. The summed E-state index contributed by atoms with van der Waals surface area (Å²) in [5, 5.41) is 3.14. The number of aliphatic imine (C=N–C) groups is 1. The molecule has 1 aromatic carbocycles. The van der Waals surface area contributed by atoms with E-state index < -0.39 is 11.7 Å². The van der Waals surface area contributed by atoms with Crippen molar-refractivity contribution in [3.05, 3.63) is 35.4 Å². The van der Waals surface area contributed by atoms with Gasteiger partial charge in [-0.3, -0.25) is 4.99 Å². The molecule has 4 nitrogen and oxygen atoms in total. The number of benzene rings is 1. The molecular formula is C17H25F3IN3O. The van der Waals surface area contributed by atoms with Crippen molar-refractivity contribution < 1.29 is 17.9 Å². The molecule has 0 heterocycles. The van der Waals surface area contributed by atoms with E-state index in [0.717, 1.165) is 30.2 Å². The predicted molar refractivity (Wildman–Crippen MR) is 103 cm³/mol. The van der Waals surface area contributed by atoms with E-state index in [1.165, 1.54) is 25.0 Å². The van der Waals surface area contributed by atoms with Crippen LogP contribution in [0.2, 0.25) is 0 Å². The Morgan fingerprint density at radius 3 is 2.44 bits per heavy atom. The van der Waals surface area contributed by atoms with Crippen molar-refractivity contribution in [1.82, 2.24) is 10.2 Å². The van der Waals surface area contributed by atoms with Crippen LogP contribution in [0, 0.1) is 5.92 Å². The molecule has 0 unspecified atom stereocenters. The summed E-state index contributed by atoms with van der Waals surface area (Å²) in [5.41, 5.74) is 0.128. The number of alkyl halides is 3. The highest BCUT2D eigenvalue weighted by molar-refractivity contribution is 14.0. The lowest BCUT2D eigenvalue weighted by molar-refractivity contribution is -0.137. The van der Waals surface area contributed by atoms with Crippen LogP contribution in [-0.2, 0) is 17.5 Å². The van der Waals surface area contributed by atoms with Gasteiger partial charge in [0.1, 0.15) is 0 Å². The van der Waals surface area contributed by atoms with E-state index in [0.29, 0.717) is 25.7 Å². The van der Waals surface area contributed by atoms with Crippen LogP contribution in [0.15, 0.2) is 29.3 Å². The van der Waals surface area contributed by atoms with Crippen LogP contribution >= 0.6 is 24.0 Å². The molecule has 0 spiro atoms. The van der Waals surface area contributed by atoms with Gasteiger partial charge in [-0.25, -0.2) is 0 Å². The fourth-order valence-electron chi connectivity index (χ4n) is 2.22. The zero-order valence-electron chi connectivity index (χ0n) is 14.5. The highest BCUT2D eigenvalue weighted by Crippen LogP contribution is 2.29. The Morgan fingerprint density at radius 2 is 1.92 bits per heavy atom. The molecule has 0 saturated heterocycles. The molecule has 8 heteroatoms. The summed E-state index contributed by atoms with van der Waals surface area (Å²) in [6.45, 7) is 2.58. The SMILES string of the molecule is CN=C(NCc1ccc(C(F)(F)F)cc1)N(C)CCOCC1CC1.I. The maximum atomic E-state index is 12.5. The first-order chi connectivity index (χ1) is 11.4. The summed E-state index contributed by atoms with van der Waals surface area (Å²) in [5.74, 6) is 1.43. The van der Waals surface area contributed by atoms with Gasteiger partial charge < -0.3 is 15.0 Å². The number of likely N-dealkylation sites (N-methyl/N-ethyl adjacent to an activating group) is 1. The van der Waals surface area contributed by atoms with Gasteiger partial charge in [0.25, 0.3) is 0 Å². The summed E-state index contributed by atoms with van der Waals surface area (Å²) < 4.78 is 43.2. The molecule has 1 saturated carbocycles. The lowest BCUT2D eigenvalue weighted by Gasteiger charge is -2.22. The van der Waals surface area contributed by atoms with Crippen LogP contribution in [-0.4, -0.2) is 44.7 Å². The first-order valence-corrected chi connectivity index (χ1v) is 8.06. The van der Waals surface area contributed by atoms with Gasteiger partial charge in [-0.15, -0.1) is 24.0 Å². The van der Waals surface area contributed by atoms with E-state index in [-0.39, 0.29) is 24.0 Å². The van der Waals surface area contributed by atoms with E-state index in [2.05, 4.69) is 10.3 Å². The normalized spacial score (nSPS) is 14.8. The number of halogens is 4. The third-order valence-electron chi connectivity index (χ3n) is 3.93. The molecule has 0 atom stereocenters. The zero-order valence-corrected chi connectivity index (χ0v) is 16.8. The van der Waals surface area contributed by atoms with Gasteiger partial charge in [0, 0.05) is 33.8 Å². The van der Waals surface area contributed by atoms with Crippen molar-refractivity contribution in [2.24, 2.45) is 10.9 Å². The Hall–Kier alpha value is -1.03. The Labute approximate surface area is 163 Å². The van der Waals surface area contributed by atoms with Crippen LogP contribution in [0.3, 0.4) is 0 Å². The van der Waals surface area contributed by atoms with Crippen molar-refractivity contribution in [2.75, 3.05) is 33.9 Å². The quantitative estimate of drug-likeness (QED) is 0.285. The standard InChI is InChI=1S/C17H24F3N3O.HI/c1-21-16(23(2)9-10-24-12-14-3-4-14)22-11-13-5-7-15(8-6-13)17(18,19)20;/h5-8,14H,3-4,9-12H2,1-2H3,(H,21,22);1H. The minimum Gasteiger partial charge on any atom is -0.379 e. The minimum absolute atomic E-state index is 0. The average Bonchev–Trinajstić information content (AvgIpc) is 3.36. The van der Waals surface area contributed by atoms with Crippen molar-refractivity contribution in [2.45, 2.75) is 25.6 Å². The Bertz CT molecular complexity index is 545. The largest absolute Gasteiger partial charge is 0.416 e. The fourth-order valence-corrected chi connectivity index (χ4v) is 2.22. The lowest BCUT2D eigenvalue weighted by Crippen LogP contribution is -2.40. The monoisotopic (exact) mass is 471 g/mol. The molecule has 0 aromatic heterocycles. The molecule has 142 valence electrons. The predicted octanol–water partition coefficient (Wildman–Crippen LogP) is 3.76. The van der Waals surface area contributed by atoms with Gasteiger partial charge in [0.15, 0.2) is 5.96 Å². The zero-order chi connectivity index (χ0) is 17.6. The molecule has 0 amide bonds. The average molecular weight is 471 g/mol. The maximum Gasteiger partial charge on any atom is 0.416 e. The number of hydrogen-bond donors (Lipinski definition) is 1. The molecule has 0 aliphatic heterocycles. The van der Waals surface area contributed by atoms with Crippen molar-refractivity contribution in [1.29, 1.82) is 0 Å². The number of guanidine groups is 1. The molecule has 1 N–H and O–H groups in total. The number of rotatable bonds is 7. The Morgan fingerprint density at radius 1 is 1.28 bits per heavy atom. The minimum atomic E-state index is -4.30. The number of nitrogens with one attached hydrogen (secondary N) is 1. The smallest absolute Gasteiger partial charge is 0.379 e. The first-order valence-electron chi connectivity index (χ1n) is 8.06. The van der Waals surface area contributed by atoms with E-state index >= 15 is 0 Å². The fraction of sp³-hybridized carbons (Fsp3) is 0.588. The van der Waals surface area contributed by atoms with Crippen LogP contribution in [0.1, 0.15) is 24.0 Å². The first kappa shape index (κ1) is 22.0. The second-order valence-corrected chi connectivity index (χ2v) is 6.04. The van der Waals surface area contributed by atoms with Crippen LogP contribution in [0.5, 0.6) is 0 Å². The van der Waals surface area contributed by atoms with Crippen LogP contribution in [0.25, 0.3) is 0 Å². The van der Waals surface area contributed by atoms with Crippen molar-refractivity contribution in [3.8, 4) is 0 Å². The molecule has 2 rings (SSSR count). The number of hydrogen-bond acceptors (Lipinski definition) is 2. The van der Waals surface area contributed by atoms with E-state index in [1.807, 2.05) is 11.9 Å². The molecular weight excluding hydrogens is 446 g/mol. The van der Waals surface area contributed by atoms with Gasteiger partial charge in [0.2, 0.25) is 0 Å². The summed E-state index contributed by atoms with van der Waals surface area (Å²) >= 11 is 0. The molecule has 1 aliphatic carbocycles. The third kappa shape index (κ3) is 7.81. The lowest BCUT2D eigenvalue weighted by atomic mass is 10.1. The topological polar surface area (TPSA) is 36.9 Å². The Kier molecular flexibility index (Phi) is 8.98. The second-order valence-electron chi connectivity index (χ2n) is 6.04. The number of ether oxygens (including phenoxy) is 1. The van der Waals surface area contributed by atoms with Gasteiger partial charge in [0.05, 0.1) is 12.2 Å². The van der Waals surface area contributed by atoms with Crippen molar-refractivity contribution in [3.63, 3.8) is 0 Å².